The highest BCUT2D eigenvalue weighted by atomic mass is 32.2. The van der Waals surface area contributed by atoms with Gasteiger partial charge in [0.15, 0.2) is 0 Å². The fourth-order valence-corrected chi connectivity index (χ4v) is 3.60. The molecular weight excluding hydrogens is 250 g/mol. The van der Waals surface area contributed by atoms with Gasteiger partial charge in [-0.1, -0.05) is 0 Å². The summed E-state index contributed by atoms with van der Waals surface area (Å²) < 4.78 is 26.0. The zero-order valence-corrected chi connectivity index (χ0v) is 11.0. The summed E-state index contributed by atoms with van der Waals surface area (Å²) in [5.74, 6) is 0.762. The van der Waals surface area contributed by atoms with E-state index in [2.05, 4.69) is 10.3 Å². The summed E-state index contributed by atoms with van der Waals surface area (Å²) in [6, 6.07) is 3.92. The Morgan fingerprint density at radius 1 is 1.22 bits per heavy atom. The molecule has 0 amide bonds. The summed E-state index contributed by atoms with van der Waals surface area (Å²) in [5, 5.41) is 3.24. The van der Waals surface area contributed by atoms with E-state index in [0.29, 0.717) is 24.0 Å². The fourth-order valence-electron chi connectivity index (χ4n) is 2.13. The highest BCUT2D eigenvalue weighted by molar-refractivity contribution is 7.89. The first-order valence-corrected chi connectivity index (χ1v) is 7.83. The molecule has 0 aromatic carbocycles. The van der Waals surface area contributed by atoms with Gasteiger partial charge in [0.05, 0.1) is 0 Å². The Labute approximate surface area is 107 Å². The van der Waals surface area contributed by atoms with E-state index in [1.807, 2.05) is 0 Å². The Bertz CT molecular complexity index is 517. The number of hydrogen-bond acceptors (Lipinski definition) is 4. The summed E-state index contributed by atoms with van der Waals surface area (Å²) in [7, 11) is -3.33. The Kier molecular flexibility index (Phi) is 2.99. The molecule has 0 bridgehead atoms. The predicted octanol–water partition coefficient (Wildman–Crippen LogP) is 1.44. The monoisotopic (exact) mass is 267 g/mol. The van der Waals surface area contributed by atoms with Gasteiger partial charge in [-0.25, -0.2) is 13.4 Å². The van der Waals surface area contributed by atoms with Gasteiger partial charge in [0.1, 0.15) is 10.7 Å². The van der Waals surface area contributed by atoms with E-state index in [9.17, 15) is 8.42 Å². The summed E-state index contributed by atoms with van der Waals surface area (Å²) in [5.41, 5.74) is 0. The van der Waals surface area contributed by atoms with Crippen LogP contribution in [-0.2, 0) is 10.0 Å². The summed E-state index contributed by atoms with van der Waals surface area (Å²) >= 11 is 0. The molecule has 1 aliphatic carbocycles. The minimum absolute atomic E-state index is 0.297. The molecule has 2 aliphatic rings. The van der Waals surface area contributed by atoms with E-state index >= 15 is 0 Å². The number of anilines is 1. The van der Waals surface area contributed by atoms with Gasteiger partial charge >= 0.3 is 0 Å². The number of aromatic nitrogens is 1. The van der Waals surface area contributed by atoms with Crippen LogP contribution in [0.5, 0.6) is 0 Å². The van der Waals surface area contributed by atoms with Gasteiger partial charge in [-0.05, 0) is 37.8 Å². The average molecular weight is 267 g/mol. The first-order valence-electron chi connectivity index (χ1n) is 6.39. The van der Waals surface area contributed by atoms with Crippen molar-refractivity contribution in [2.24, 2.45) is 0 Å². The van der Waals surface area contributed by atoms with Crippen LogP contribution in [0.1, 0.15) is 25.7 Å². The molecule has 1 N–H and O–H groups in total. The van der Waals surface area contributed by atoms with Crippen molar-refractivity contribution in [2.45, 2.75) is 36.6 Å². The standard InChI is InChI=1S/C12H17N3O2S/c16-18(17,15-7-1-2-8-15)11-5-6-12(13-9-11)14-10-3-4-10/h5-6,9-10H,1-4,7-8H2,(H,13,14). The Morgan fingerprint density at radius 3 is 2.50 bits per heavy atom. The van der Waals surface area contributed by atoms with Crippen molar-refractivity contribution >= 4 is 15.8 Å². The maximum absolute atomic E-state index is 12.2. The van der Waals surface area contributed by atoms with E-state index in [1.54, 1.807) is 12.1 Å². The second-order valence-electron chi connectivity index (χ2n) is 4.91. The van der Waals surface area contributed by atoms with Crippen LogP contribution in [0.4, 0.5) is 5.82 Å². The van der Waals surface area contributed by atoms with Crippen molar-refractivity contribution in [1.82, 2.24) is 9.29 Å². The lowest BCUT2D eigenvalue weighted by molar-refractivity contribution is 0.477. The number of sulfonamides is 1. The van der Waals surface area contributed by atoms with Crippen LogP contribution in [-0.4, -0.2) is 36.8 Å². The second kappa shape index (κ2) is 4.51. The summed E-state index contributed by atoms with van der Waals surface area (Å²) in [6.07, 6.45) is 5.71. The molecule has 1 saturated heterocycles. The van der Waals surface area contributed by atoms with Crippen LogP contribution in [0.15, 0.2) is 23.2 Å². The zero-order chi connectivity index (χ0) is 12.6. The van der Waals surface area contributed by atoms with Crippen LogP contribution < -0.4 is 5.32 Å². The molecule has 2 heterocycles. The Morgan fingerprint density at radius 2 is 1.94 bits per heavy atom. The largest absolute Gasteiger partial charge is 0.367 e. The van der Waals surface area contributed by atoms with E-state index < -0.39 is 10.0 Å². The van der Waals surface area contributed by atoms with Gasteiger partial charge in [0, 0.05) is 25.3 Å². The Hall–Kier alpha value is -1.14. The number of rotatable bonds is 4. The highest BCUT2D eigenvalue weighted by Crippen LogP contribution is 2.25. The van der Waals surface area contributed by atoms with Crippen molar-refractivity contribution in [1.29, 1.82) is 0 Å². The topological polar surface area (TPSA) is 62.3 Å². The lowest BCUT2D eigenvalue weighted by Gasteiger charge is -2.15. The number of hydrogen-bond donors (Lipinski definition) is 1. The van der Waals surface area contributed by atoms with Crippen molar-refractivity contribution < 1.29 is 8.42 Å². The van der Waals surface area contributed by atoms with Gasteiger partial charge < -0.3 is 5.32 Å². The smallest absolute Gasteiger partial charge is 0.244 e. The molecular formula is C12H17N3O2S. The SMILES string of the molecule is O=S(=O)(c1ccc(NC2CC2)nc1)N1CCCC1. The van der Waals surface area contributed by atoms with Crippen LogP contribution in [0, 0.1) is 0 Å². The van der Waals surface area contributed by atoms with Crippen LogP contribution >= 0.6 is 0 Å². The first-order chi connectivity index (χ1) is 8.66. The van der Waals surface area contributed by atoms with Gasteiger partial charge in [0.2, 0.25) is 10.0 Å². The number of nitrogens with one attached hydrogen (secondary N) is 1. The predicted molar refractivity (Wildman–Crippen MR) is 68.9 cm³/mol. The van der Waals surface area contributed by atoms with E-state index in [0.717, 1.165) is 18.7 Å². The lowest BCUT2D eigenvalue weighted by atomic mass is 10.4. The van der Waals surface area contributed by atoms with Crippen molar-refractivity contribution in [3.8, 4) is 0 Å². The summed E-state index contributed by atoms with van der Waals surface area (Å²) in [6.45, 7) is 1.26. The van der Waals surface area contributed by atoms with Crippen LogP contribution in [0.3, 0.4) is 0 Å². The van der Waals surface area contributed by atoms with Crippen molar-refractivity contribution in [3.05, 3.63) is 18.3 Å². The van der Waals surface area contributed by atoms with E-state index in [1.165, 1.54) is 23.3 Å². The van der Waals surface area contributed by atoms with E-state index in [-0.39, 0.29) is 0 Å². The molecule has 5 nitrogen and oxygen atoms in total. The van der Waals surface area contributed by atoms with Gasteiger partial charge in [-0.3, -0.25) is 0 Å². The zero-order valence-electron chi connectivity index (χ0n) is 10.2. The molecule has 1 aromatic heterocycles. The quantitative estimate of drug-likeness (QED) is 0.896. The average Bonchev–Trinajstić information content (AvgIpc) is 2.99. The molecule has 0 atom stereocenters. The van der Waals surface area contributed by atoms with Gasteiger partial charge in [0.25, 0.3) is 0 Å². The molecule has 1 aliphatic heterocycles. The lowest BCUT2D eigenvalue weighted by Crippen LogP contribution is -2.27. The van der Waals surface area contributed by atoms with Gasteiger partial charge in [-0.15, -0.1) is 0 Å². The third-order valence-corrected chi connectivity index (χ3v) is 5.25. The minimum atomic E-state index is -3.33. The van der Waals surface area contributed by atoms with Crippen LogP contribution in [0.25, 0.3) is 0 Å². The van der Waals surface area contributed by atoms with E-state index in [4.69, 9.17) is 0 Å². The Balaban J connectivity index is 1.78. The molecule has 98 valence electrons. The third kappa shape index (κ3) is 2.35. The van der Waals surface area contributed by atoms with Gasteiger partial charge in [-0.2, -0.15) is 4.31 Å². The molecule has 0 spiro atoms. The molecule has 18 heavy (non-hydrogen) atoms. The fraction of sp³-hybridized carbons (Fsp3) is 0.583. The molecule has 1 aromatic rings. The molecule has 0 unspecified atom stereocenters. The minimum Gasteiger partial charge on any atom is -0.367 e. The maximum atomic E-state index is 12.2. The van der Waals surface area contributed by atoms with Crippen molar-refractivity contribution in [3.63, 3.8) is 0 Å². The summed E-state index contributed by atoms with van der Waals surface area (Å²) in [4.78, 5) is 4.48. The molecule has 0 radical (unpaired) electrons. The van der Waals surface area contributed by atoms with Crippen molar-refractivity contribution in [2.75, 3.05) is 18.4 Å². The first kappa shape index (κ1) is 11.9. The van der Waals surface area contributed by atoms with Crippen LogP contribution in [0.2, 0.25) is 0 Å². The molecule has 6 heteroatoms. The molecule has 1 saturated carbocycles. The number of nitrogens with zero attached hydrogens (tertiary/aromatic N) is 2. The second-order valence-corrected chi connectivity index (χ2v) is 6.85. The normalized spacial score (nSPS) is 21.1. The third-order valence-electron chi connectivity index (χ3n) is 3.37. The molecule has 2 fully saturated rings. The highest BCUT2D eigenvalue weighted by Gasteiger charge is 2.27. The maximum Gasteiger partial charge on any atom is 0.244 e. The molecule has 3 rings (SSSR count). The number of pyridine rings is 1.